The van der Waals surface area contributed by atoms with Crippen LogP contribution in [0.4, 0.5) is 0 Å². The second-order valence-electron chi connectivity index (χ2n) is 11.0. The van der Waals surface area contributed by atoms with Crippen molar-refractivity contribution in [1.29, 1.82) is 0 Å². The molecule has 33 heavy (non-hydrogen) atoms. The molecule has 0 fully saturated rings. The molecule has 0 unspecified atom stereocenters. The minimum absolute atomic E-state index is 0.0627. The molecular weight excluding hydrogens is 416 g/mol. The van der Waals surface area contributed by atoms with Crippen LogP contribution in [0.5, 0.6) is 0 Å². The minimum Gasteiger partial charge on any atom is -0.432 e. The molecule has 0 radical (unpaired) electrons. The summed E-state index contributed by atoms with van der Waals surface area (Å²) in [6.07, 6.45) is 2.99. The van der Waals surface area contributed by atoms with Gasteiger partial charge in [0.1, 0.15) is 0 Å². The van der Waals surface area contributed by atoms with Crippen LogP contribution >= 0.6 is 0 Å². The van der Waals surface area contributed by atoms with Gasteiger partial charge in [0.25, 0.3) is 0 Å². The number of rotatable bonds is 8. The van der Waals surface area contributed by atoms with E-state index < -0.39 is 8.32 Å². The predicted octanol–water partition coefficient (Wildman–Crippen LogP) is 8.79. The first kappa shape index (κ1) is 25.5. The molecule has 0 saturated heterocycles. The summed E-state index contributed by atoms with van der Waals surface area (Å²) in [6.45, 7) is 17.5. The summed E-state index contributed by atoms with van der Waals surface area (Å²) in [4.78, 5) is 10.8. The summed E-state index contributed by atoms with van der Waals surface area (Å²) in [5, 5.41) is -0.0627. The molecule has 0 aliphatic carbocycles. The van der Waals surface area contributed by atoms with E-state index in [0.29, 0.717) is 5.92 Å². The molecule has 0 aliphatic rings. The second kappa shape index (κ2) is 9.99. The molecule has 0 atom stereocenters. The summed E-state index contributed by atoms with van der Waals surface area (Å²) in [5.74, 6) is 0.438. The van der Waals surface area contributed by atoms with Gasteiger partial charge in [0.2, 0.25) is 0 Å². The maximum absolute atomic E-state index is 10.8. The predicted molar refractivity (Wildman–Crippen MR) is 148 cm³/mol. The van der Waals surface area contributed by atoms with Gasteiger partial charge < -0.3 is 4.80 Å². The van der Waals surface area contributed by atoms with Gasteiger partial charge >= 0.3 is 0 Å². The van der Waals surface area contributed by atoms with E-state index in [2.05, 4.69) is 115 Å². The van der Waals surface area contributed by atoms with E-state index in [-0.39, 0.29) is 5.04 Å². The topological polar surface area (TPSA) is 20.2 Å². The fourth-order valence-electron chi connectivity index (χ4n) is 4.48. The lowest BCUT2D eigenvalue weighted by atomic mass is 9.87. The first-order chi connectivity index (χ1) is 15.5. The van der Waals surface area contributed by atoms with Crippen LogP contribution in [0.1, 0.15) is 69.7 Å². The molecule has 1 N–H and O–H groups in total. The van der Waals surface area contributed by atoms with Gasteiger partial charge in [-0.25, -0.2) is 0 Å². The zero-order valence-corrected chi connectivity index (χ0v) is 22.9. The molecule has 0 spiro atoms. The number of aryl methyl sites for hydroxylation is 2. The third-order valence-corrected chi connectivity index (χ3v) is 11.0. The van der Waals surface area contributed by atoms with Crippen LogP contribution < -0.4 is 0 Å². The summed E-state index contributed by atoms with van der Waals surface area (Å²) >= 11 is 0. The normalized spacial score (nSPS) is 12.4. The Balaban J connectivity index is 2.03. The van der Waals surface area contributed by atoms with Crippen molar-refractivity contribution >= 4 is 8.32 Å². The number of benzene rings is 3. The van der Waals surface area contributed by atoms with Gasteiger partial charge in [0.05, 0.1) is 0 Å². The summed E-state index contributed by atoms with van der Waals surface area (Å²) < 4.78 is 0. The van der Waals surface area contributed by atoms with Crippen molar-refractivity contribution in [1.82, 2.24) is 0 Å². The van der Waals surface area contributed by atoms with Gasteiger partial charge in [-0.2, -0.15) is 0 Å². The number of hydrogen-bond donors (Lipinski definition) is 1. The van der Waals surface area contributed by atoms with Crippen molar-refractivity contribution in [2.24, 2.45) is 0 Å². The molecule has 0 aromatic heterocycles. The largest absolute Gasteiger partial charge is 0.432 e. The van der Waals surface area contributed by atoms with E-state index in [1.807, 2.05) is 0 Å². The van der Waals surface area contributed by atoms with Crippen molar-refractivity contribution in [3.05, 3.63) is 82.9 Å². The number of hydrogen-bond acceptors (Lipinski definition) is 1. The van der Waals surface area contributed by atoms with E-state index in [4.69, 9.17) is 0 Å². The van der Waals surface area contributed by atoms with Crippen LogP contribution in [0.15, 0.2) is 60.7 Å². The quantitative estimate of drug-likeness (QED) is 0.334. The van der Waals surface area contributed by atoms with Crippen LogP contribution in [0.3, 0.4) is 0 Å². The average Bonchev–Trinajstić information content (AvgIpc) is 2.77. The Morgan fingerprint density at radius 3 is 2.06 bits per heavy atom. The van der Waals surface area contributed by atoms with Crippen LogP contribution in [-0.2, 0) is 19.3 Å². The highest BCUT2D eigenvalue weighted by molar-refractivity contribution is 6.72. The van der Waals surface area contributed by atoms with Gasteiger partial charge in [0.15, 0.2) is 8.32 Å². The summed E-state index contributed by atoms with van der Waals surface area (Å²) in [7, 11) is -2.25. The lowest BCUT2D eigenvalue weighted by Gasteiger charge is -2.35. The van der Waals surface area contributed by atoms with Gasteiger partial charge in [-0.05, 0) is 87.8 Å². The van der Waals surface area contributed by atoms with Crippen molar-refractivity contribution in [2.75, 3.05) is 0 Å². The fourth-order valence-corrected chi connectivity index (χ4v) is 5.12. The standard InChI is InChI=1S/C31H42OSi/c1-9-23-12-11-13-26(18-23)28-17-15-27(20-25(28)10-2)29-16-14-24(19-30(29)22(3)4)21-31(5,6)33(7,8)32/h11-20,22,32H,9-10,21H2,1-8H3. The molecule has 0 saturated carbocycles. The highest BCUT2D eigenvalue weighted by Crippen LogP contribution is 2.40. The molecule has 176 valence electrons. The Hall–Kier alpha value is -2.16. The highest BCUT2D eigenvalue weighted by atomic mass is 28.4. The Bertz CT molecular complexity index is 1100. The lowest BCUT2D eigenvalue weighted by Crippen LogP contribution is -2.40. The Labute approximate surface area is 203 Å². The Morgan fingerprint density at radius 2 is 1.45 bits per heavy atom. The first-order valence-electron chi connectivity index (χ1n) is 12.5. The monoisotopic (exact) mass is 458 g/mol. The lowest BCUT2D eigenvalue weighted by molar-refractivity contribution is 0.467. The van der Waals surface area contributed by atoms with Crippen LogP contribution in [0, 0.1) is 0 Å². The zero-order valence-electron chi connectivity index (χ0n) is 21.9. The van der Waals surface area contributed by atoms with Gasteiger partial charge in [-0.15, -0.1) is 0 Å². The third-order valence-electron chi connectivity index (χ3n) is 7.48. The van der Waals surface area contributed by atoms with Crippen LogP contribution in [0.2, 0.25) is 18.1 Å². The zero-order chi connectivity index (χ0) is 24.4. The maximum Gasteiger partial charge on any atom is 0.188 e. The molecule has 1 nitrogen and oxygen atoms in total. The van der Waals surface area contributed by atoms with Gasteiger partial charge in [0, 0.05) is 0 Å². The highest BCUT2D eigenvalue weighted by Gasteiger charge is 2.38. The molecule has 3 rings (SSSR count). The smallest absolute Gasteiger partial charge is 0.188 e. The Morgan fingerprint density at radius 1 is 0.788 bits per heavy atom. The Kier molecular flexibility index (Phi) is 7.71. The van der Waals surface area contributed by atoms with E-state index in [1.54, 1.807) is 0 Å². The van der Waals surface area contributed by atoms with Crippen molar-refractivity contribution < 1.29 is 4.80 Å². The van der Waals surface area contributed by atoms with E-state index in [9.17, 15) is 4.80 Å². The molecule has 3 aromatic carbocycles. The molecule has 2 heteroatoms. The van der Waals surface area contributed by atoms with Crippen LogP contribution in [-0.4, -0.2) is 13.1 Å². The minimum atomic E-state index is -2.25. The van der Waals surface area contributed by atoms with Gasteiger partial charge in [-0.3, -0.25) is 0 Å². The summed E-state index contributed by atoms with van der Waals surface area (Å²) in [5.41, 5.74) is 10.8. The molecule has 0 amide bonds. The molecule has 0 bridgehead atoms. The third kappa shape index (κ3) is 5.67. The van der Waals surface area contributed by atoms with Crippen molar-refractivity contribution in [3.8, 4) is 22.3 Å². The molecule has 0 heterocycles. The summed E-state index contributed by atoms with van der Waals surface area (Å²) in [6, 6.07) is 22.9. The van der Waals surface area contributed by atoms with Gasteiger partial charge in [-0.1, -0.05) is 102 Å². The average molecular weight is 459 g/mol. The molecular formula is C31H42OSi. The van der Waals surface area contributed by atoms with E-state index >= 15 is 0 Å². The molecule has 0 aliphatic heterocycles. The molecule has 3 aromatic rings. The maximum atomic E-state index is 10.8. The van der Waals surface area contributed by atoms with E-state index in [0.717, 1.165) is 19.3 Å². The second-order valence-corrected chi connectivity index (χ2v) is 15.4. The van der Waals surface area contributed by atoms with Crippen LogP contribution in [0.25, 0.3) is 22.3 Å². The van der Waals surface area contributed by atoms with E-state index in [1.165, 1.54) is 44.5 Å². The van der Waals surface area contributed by atoms with Crippen molar-refractivity contribution in [2.45, 2.75) is 84.9 Å². The van der Waals surface area contributed by atoms with Crippen molar-refractivity contribution in [3.63, 3.8) is 0 Å². The first-order valence-corrected chi connectivity index (χ1v) is 15.5. The fraction of sp³-hybridized carbons (Fsp3) is 0.419. The SMILES string of the molecule is CCc1cccc(-c2ccc(-c3ccc(CC(C)(C)[Si](C)(C)O)cc3C(C)C)cc2CC)c1.